The number of aliphatic hydroxyl groups is 1. The highest BCUT2D eigenvalue weighted by atomic mass is 35.5. The van der Waals surface area contributed by atoms with E-state index in [0.717, 1.165) is 6.07 Å². The zero-order valence-electron chi connectivity index (χ0n) is 10.3. The second-order valence-electron chi connectivity index (χ2n) is 4.34. The summed E-state index contributed by atoms with van der Waals surface area (Å²) in [5, 5.41) is 10.6. The lowest BCUT2D eigenvalue weighted by Gasteiger charge is -2.14. The molecule has 0 saturated heterocycles. The standard InChI is InChI=1S/C14H8Cl2F4O/c15-9-3-8(4-10(16)6-9)13(21)7-1-2-11(12(17)5-7)14(18,19)20/h1-6,13,21H. The minimum absolute atomic E-state index is 0.0289. The van der Waals surface area contributed by atoms with E-state index in [4.69, 9.17) is 23.2 Å². The number of rotatable bonds is 2. The molecule has 1 nitrogen and oxygen atoms in total. The molecule has 21 heavy (non-hydrogen) atoms. The molecule has 0 aliphatic rings. The first-order valence-electron chi connectivity index (χ1n) is 5.69. The fraction of sp³-hybridized carbons (Fsp3) is 0.143. The Bertz CT molecular complexity index is 650. The van der Waals surface area contributed by atoms with E-state index in [1.807, 2.05) is 0 Å². The van der Waals surface area contributed by atoms with Gasteiger partial charge in [-0.2, -0.15) is 13.2 Å². The molecular weight excluding hydrogens is 331 g/mol. The van der Waals surface area contributed by atoms with Crippen LogP contribution in [0, 0.1) is 5.82 Å². The van der Waals surface area contributed by atoms with Gasteiger partial charge in [0.15, 0.2) is 0 Å². The third-order valence-electron chi connectivity index (χ3n) is 2.81. The molecule has 0 saturated carbocycles. The van der Waals surface area contributed by atoms with Crippen molar-refractivity contribution in [2.45, 2.75) is 12.3 Å². The first-order chi connectivity index (χ1) is 9.68. The first kappa shape index (κ1) is 16.1. The second-order valence-corrected chi connectivity index (χ2v) is 5.22. The Morgan fingerprint density at radius 2 is 1.48 bits per heavy atom. The summed E-state index contributed by atoms with van der Waals surface area (Å²) in [4.78, 5) is 0. The molecule has 0 bridgehead atoms. The van der Waals surface area contributed by atoms with Crippen LogP contribution in [0.15, 0.2) is 36.4 Å². The topological polar surface area (TPSA) is 20.2 Å². The lowest BCUT2D eigenvalue weighted by atomic mass is 10.00. The van der Waals surface area contributed by atoms with Gasteiger partial charge in [-0.05, 0) is 41.5 Å². The number of hydrogen-bond acceptors (Lipinski definition) is 1. The van der Waals surface area contributed by atoms with Crippen molar-refractivity contribution in [1.29, 1.82) is 0 Å². The zero-order valence-corrected chi connectivity index (χ0v) is 11.8. The molecule has 1 atom stereocenters. The molecule has 0 fully saturated rings. The molecule has 0 heterocycles. The molecule has 0 aliphatic carbocycles. The highest BCUT2D eigenvalue weighted by Gasteiger charge is 2.34. The summed E-state index contributed by atoms with van der Waals surface area (Å²) >= 11 is 11.6. The summed E-state index contributed by atoms with van der Waals surface area (Å²) in [7, 11) is 0. The van der Waals surface area contributed by atoms with Crippen molar-refractivity contribution in [3.05, 3.63) is 69.0 Å². The number of benzene rings is 2. The van der Waals surface area contributed by atoms with Crippen LogP contribution < -0.4 is 0 Å². The maximum Gasteiger partial charge on any atom is 0.419 e. The molecule has 2 rings (SSSR count). The van der Waals surface area contributed by atoms with Crippen molar-refractivity contribution in [3.8, 4) is 0 Å². The van der Waals surface area contributed by atoms with Crippen molar-refractivity contribution in [3.63, 3.8) is 0 Å². The van der Waals surface area contributed by atoms with E-state index in [0.29, 0.717) is 12.1 Å². The van der Waals surface area contributed by atoms with Crippen LogP contribution in [0.1, 0.15) is 22.8 Å². The van der Waals surface area contributed by atoms with Crippen molar-refractivity contribution in [1.82, 2.24) is 0 Å². The Morgan fingerprint density at radius 3 is 1.95 bits per heavy atom. The van der Waals surface area contributed by atoms with Crippen LogP contribution >= 0.6 is 23.2 Å². The van der Waals surface area contributed by atoms with Crippen LogP contribution in [0.25, 0.3) is 0 Å². The van der Waals surface area contributed by atoms with Gasteiger partial charge in [0.25, 0.3) is 0 Å². The molecule has 0 amide bonds. The third kappa shape index (κ3) is 3.67. The van der Waals surface area contributed by atoms with Gasteiger partial charge in [-0.3, -0.25) is 0 Å². The van der Waals surface area contributed by atoms with Crippen LogP contribution in [-0.4, -0.2) is 5.11 Å². The lowest BCUT2D eigenvalue weighted by molar-refractivity contribution is -0.140. The predicted octanol–water partition coefficient (Wildman–Crippen LogP) is 5.23. The Balaban J connectivity index is 2.40. The number of alkyl halides is 3. The maximum absolute atomic E-state index is 13.5. The number of aliphatic hydroxyl groups excluding tert-OH is 1. The van der Waals surface area contributed by atoms with Crippen LogP contribution in [0.2, 0.25) is 10.0 Å². The van der Waals surface area contributed by atoms with Gasteiger partial charge >= 0.3 is 6.18 Å². The molecule has 2 aromatic carbocycles. The monoisotopic (exact) mass is 338 g/mol. The Kier molecular flexibility index (Phi) is 4.46. The van der Waals surface area contributed by atoms with Gasteiger partial charge in [0.1, 0.15) is 11.9 Å². The average Bonchev–Trinajstić information content (AvgIpc) is 2.35. The van der Waals surface area contributed by atoms with Gasteiger partial charge in [0, 0.05) is 10.0 Å². The van der Waals surface area contributed by atoms with Gasteiger partial charge in [-0.1, -0.05) is 29.3 Å². The third-order valence-corrected chi connectivity index (χ3v) is 3.25. The molecule has 0 aliphatic heterocycles. The quantitative estimate of drug-likeness (QED) is 0.743. The van der Waals surface area contributed by atoms with E-state index in [-0.39, 0.29) is 21.2 Å². The zero-order chi connectivity index (χ0) is 15.8. The van der Waals surface area contributed by atoms with E-state index < -0.39 is 23.7 Å². The van der Waals surface area contributed by atoms with Gasteiger partial charge in [-0.25, -0.2) is 4.39 Å². The maximum atomic E-state index is 13.5. The summed E-state index contributed by atoms with van der Waals surface area (Å²) in [5.41, 5.74) is -1.16. The van der Waals surface area contributed by atoms with E-state index >= 15 is 0 Å². The normalized spacial score (nSPS) is 13.3. The van der Waals surface area contributed by atoms with Gasteiger partial charge in [0.2, 0.25) is 0 Å². The molecule has 1 N–H and O–H groups in total. The van der Waals surface area contributed by atoms with Gasteiger partial charge in [-0.15, -0.1) is 0 Å². The second kappa shape index (κ2) is 5.83. The largest absolute Gasteiger partial charge is 0.419 e. The molecular formula is C14H8Cl2F4O. The first-order valence-corrected chi connectivity index (χ1v) is 6.45. The molecule has 2 aromatic rings. The van der Waals surface area contributed by atoms with Crippen LogP contribution in [0.5, 0.6) is 0 Å². The predicted molar refractivity (Wildman–Crippen MR) is 71.9 cm³/mol. The molecule has 1 unspecified atom stereocenters. The van der Waals surface area contributed by atoms with Crippen LogP contribution in [-0.2, 0) is 6.18 Å². The minimum atomic E-state index is -4.78. The average molecular weight is 339 g/mol. The summed E-state index contributed by atoms with van der Waals surface area (Å²) in [6, 6.07) is 6.46. The molecule has 0 radical (unpaired) electrons. The smallest absolute Gasteiger partial charge is 0.384 e. The SMILES string of the molecule is OC(c1cc(Cl)cc(Cl)c1)c1ccc(C(F)(F)F)c(F)c1. The summed E-state index contributed by atoms with van der Waals surface area (Å²) in [6.45, 7) is 0. The fourth-order valence-corrected chi connectivity index (χ4v) is 2.40. The van der Waals surface area contributed by atoms with Crippen molar-refractivity contribution >= 4 is 23.2 Å². The highest BCUT2D eigenvalue weighted by Crippen LogP contribution is 2.34. The van der Waals surface area contributed by atoms with E-state index in [9.17, 15) is 22.7 Å². The molecule has 112 valence electrons. The van der Waals surface area contributed by atoms with E-state index in [2.05, 4.69) is 0 Å². The highest BCUT2D eigenvalue weighted by molar-refractivity contribution is 6.34. The Morgan fingerprint density at radius 1 is 0.905 bits per heavy atom. The molecule has 0 aromatic heterocycles. The van der Waals surface area contributed by atoms with Crippen LogP contribution in [0.3, 0.4) is 0 Å². The van der Waals surface area contributed by atoms with E-state index in [1.165, 1.54) is 18.2 Å². The molecule has 0 spiro atoms. The summed E-state index contributed by atoms with van der Waals surface area (Å²) < 4.78 is 50.9. The van der Waals surface area contributed by atoms with Crippen LogP contribution in [0.4, 0.5) is 17.6 Å². The molecule has 7 heteroatoms. The van der Waals surface area contributed by atoms with Crippen molar-refractivity contribution < 1.29 is 22.7 Å². The van der Waals surface area contributed by atoms with Gasteiger partial charge in [0.05, 0.1) is 5.56 Å². The summed E-state index contributed by atoms with van der Waals surface area (Å²) in [5.74, 6) is -1.45. The van der Waals surface area contributed by atoms with Crippen molar-refractivity contribution in [2.24, 2.45) is 0 Å². The van der Waals surface area contributed by atoms with Gasteiger partial charge < -0.3 is 5.11 Å². The van der Waals surface area contributed by atoms with Crippen molar-refractivity contribution in [2.75, 3.05) is 0 Å². The Hall–Kier alpha value is -1.30. The number of hydrogen-bond donors (Lipinski definition) is 1. The fourth-order valence-electron chi connectivity index (χ4n) is 1.86. The Labute approximate surface area is 127 Å². The lowest BCUT2D eigenvalue weighted by Crippen LogP contribution is -2.09. The van der Waals surface area contributed by atoms with E-state index in [1.54, 1.807) is 0 Å². The number of halogens is 6. The minimum Gasteiger partial charge on any atom is -0.384 e. The summed E-state index contributed by atoms with van der Waals surface area (Å²) in [6.07, 6.45) is -6.12.